The molecule has 0 N–H and O–H groups in total. The van der Waals surface area contributed by atoms with Crippen LogP contribution in [0.2, 0.25) is 0 Å². The molecule has 2 rings (SSSR count). The fourth-order valence-electron chi connectivity index (χ4n) is 2.24. The van der Waals surface area contributed by atoms with Gasteiger partial charge in [-0.1, -0.05) is 35.0 Å². The van der Waals surface area contributed by atoms with Gasteiger partial charge in [-0.3, -0.25) is 9.59 Å². The monoisotopic (exact) mass is 339 g/mol. The minimum atomic E-state index is -0.292. The maximum atomic E-state index is 12.2. The first-order valence-electron chi connectivity index (χ1n) is 6.73. The van der Waals surface area contributed by atoms with E-state index in [9.17, 15) is 9.59 Å². The van der Waals surface area contributed by atoms with E-state index >= 15 is 0 Å². The molecule has 0 radical (unpaired) electrons. The number of morpholine rings is 1. The van der Waals surface area contributed by atoms with Gasteiger partial charge >= 0.3 is 0 Å². The Kier molecular flexibility index (Phi) is 5.31. The van der Waals surface area contributed by atoms with Crippen molar-refractivity contribution in [2.45, 2.75) is 13.3 Å². The second kappa shape index (κ2) is 6.99. The second-order valence-corrected chi connectivity index (χ2v) is 5.89. The number of halogens is 1. The number of carbonyl (C=O) groups excluding carboxylic acids is 2. The molecule has 0 aliphatic carbocycles. The summed E-state index contributed by atoms with van der Waals surface area (Å²) < 4.78 is 6.10. The van der Waals surface area contributed by atoms with E-state index in [2.05, 4.69) is 15.9 Å². The number of ether oxygens (including phenoxy) is 1. The average Bonchev–Trinajstić information content (AvgIpc) is 2.47. The summed E-state index contributed by atoms with van der Waals surface area (Å²) >= 11 is 3.35. The third-order valence-electron chi connectivity index (χ3n) is 3.38. The van der Waals surface area contributed by atoms with Crippen LogP contribution in [-0.2, 0) is 9.53 Å². The van der Waals surface area contributed by atoms with Gasteiger partial charge < -0.3 is 9.64 Å². The van der Waals surface area contributed by atoms with Crippen LogP contribution in [-0.4, -0.2) is 42.9 Å². The quantitative estimate of drug-likeness (QED) is 0.792. The molecule has 1 heterocycles. The Balaban J connectivity index is 1.94. The Morgan fingerprint density at radius 1 is 1.35 bits per heavy atom. The molecule has 0 saturated carbocycles. The van der Waals surface area contributed by atoms with Crippen molar-refractivity contribution in [1.82, 2.24) is 4.90 Å². The molecular weight excluding hydrogens is 322 g/mol. The highest BCUT2D eigenvalue weighted by molar-refractivity contribution is 9.10. The molecule has 0 spiro atoms. The summed E-state index contributed by atoms with van der Waals surface area (Å²) in [5.74, 6) is -0.253. The first-order valence-corrected chi connectivity index (χ1v) is 7.52. The summed E-state index contributed by atoms with van der Waals surface area (Å²) in [6, 6.07) is 7.26. The van der Waals surface area contributed by atoms with Gasteiger partial charge in [0.2, 0.25) is 5.91 Å². The highest BCUT2D eigenvalue weighted by Crippen LogP contribution is 2.17. The van der Waals surface area contributed by atoms with Crippen LogP contribution < -0.4 is 0 Å². The Labute approximate surface area is 127 Å². The van der Waals surface area contributed by atoms with E-state index in [1.807, 2.05) is 19.1 Å². The van der Waals surface area contributed by atoms with E-state index in [0.717, 1.165) is 4.47 Å². The minimum Gasteiger partial charge on any atom is -0.378 e. The van der Waals surface area contributed by atoms with Crippen LogP contribution in [0.15, 0.2) is 28.7 Å². The van der Waals surface area contributed by atoms with Crippen LogP contribution in [0.5, 0.6) is 0 Å². The van der Waals surface area contributed by atoms with E-state index in [-0.39, 0.29) is 24.0 Å². The number of benzene rings is 1. The van der Waals surface area contributed by atoms with E-state index in [1.54, 1.807) is 17.0 Å². The van der Waals surface area contributed by atoms with Gasteiger partial charge in [-0.05, 0) is 12.1 Å². The van der Waals surface area contributed by atoms with E-state index in [4.69, 9.17) is 4.74 Å². The molecule has 0 bridgehead atoms. The van der Waals surface area contributed by atoms with Crippen molar-refractivity contribution < 1.29 is 14.3 Å². The summed E-state index contributed by atoms with van der Waals surface area (Å²) in [6.07, 6.45) is 0.243. The Morgan fingerprint density at radius 2 is 2.05 bits per heavy atom. The topological polar surface area (TPSA) is 46.6 Å². The summed E-state index contributed by atoms with van der Waals surface area (Å²) in [4.78, 5) is 26.2. The molecule has 0 unspecified atom stereocenters. The molecule has 1 atom stereocenters. The van der Waals surface area contributed by atoms with Crippen LogP contribution in [0.1, 0.15) is 23.7 Å². The van der Waals surface area contributed by atoms with Crippen LogP contribution in [0.4, 0.5) is 0 Å². The van der Waals surface area contributed by atoms with Gasteiger partial charge in [-0.25, -0.2) is 0 Å². The molecule has 1 aliphatic heterocycles. The molecule has 1 aromatic rings. The van der Waals surface area contributed by atoms with Gasteiger partial charge in [0, 0.05) is 35.5 Å². The van der Waals surface area contributed by atoms with Crippen LogP contribution >= 0.6 is 15.9 Å². The number of carbonyl (C=O) groups is 2. The maximum Gasteiger partial charge on any atom is 0.226 e. The molecule has 20 heavy (non-hydrogen) atoms. The number of nitrogens with zero attached hydrogens (tertiary/aromatic N) is 1. The fourth-order valence-corrected chi connectivity index (χ4v) is 2.64. The van der Waals surface area contributed by atoms with Crippen molar-refractivity contribution in [1.29, 1.82) is 0 Å². The number of hydrogen-bond donors (Lipinski definition) is 0. The van der Waals surface area contributed by atoms with Crippen molar-refractivity contribution in [2.24, 2.45) is 5.92 Å². The molecule has 108 valence electrons. The van der Waals surface area contributed by atoms with Crippen molar-refractivity contribution in [3.05, 3.63) is 34.3 Å². The van der Waals surface area contributed by atoms with Gasteiger partial charge in [0.05, 0.1) is 13.2 Å². The standard InChI is InChI=1S/C15H18BrNO3/c1-11(15(19)17-5-7-20-8-6-17)9-14(18)12-3-2-4-13(16)10-12/h2-4,10-11H,5-9H2,1H3/t11-/m0/s1. The van der Waals surface area contributed by atoms with E-state index in [1.165, 1.54) is 0 Å². The number of amides is 1. The Morgan fingerprint density at radius 3 is 2.70 bits per heavy atom. The Bertz CT molecular complexity index is 498. The molecule has 5 heteroatoms. The number of Topliss-reactive ketones (excluding diaryl/α,β-unsaturated/α-hetero) is 1. The minimum absolute atomic E-state index is 0.000379. The van der Waals surface area contributed by atoms with Crippen molar-refractivity contribution in [3.63, 3.8) is 0 Å². The highest BCUT2D eigenvalue weighted by atomic mass is 79.9. The SMILES string of the molecule is C[C@@H](CC(=O)c1cccc(Br)c1)C(=O)N1CCOCC1. The molecule has 4 nitrogen and oxygen atoms in total. The van der Waals surface area contributed by atoms with Gasteiger partial charge in [0.25, 0.3) is 0 Å². The highest BCUT2D eigenvalue weighted by Gasteiger charge is 2.24. The number of hydrogen-bond acceptors (Lipinski definition) is 3. The zero-order chi connectivity index (χ0) is 14.5. The molecular formula is C15H18BrNO3. The van der Waals surface area contributed by atoms with Gasteiger partial charge in [0.15, 0.2) is 5.78 Å². The zero-order valence-corrected chi connectivity index (χ0v) is 13.1. The largest absolute Gasteiger partial charge is 0.378 e. The lowest BCUT2D eigenvalue weighted by atomic mass is 9.98. The predicted octanol–water partition coefficient (Wildman–Crippen LogP) is 2.52. The van der Waals surface area contributed by atoms with Crippen molar-refractivity contribution in [2.75, 3.05) is 26.3 Å². The maximum absolute atomic E-state index is 12.2. The third kappa shape index (κ3) is 3.90. The lowest BCUT2D eigenvalue weighted by molar-refractivity contribution is -0.139. The lowest BCUT2D eigenvalue weighted by Gasteiger charge is -2.29. The predicted molar refractivity (Wildman–Crippen MR) is 79.7 cm³/mol. The molecule has 1 aliphatic rings. The van der Waals surface area contributed by atoms with Gasteiger partial charge in [-0.15, -0.1) is 0 Å². The Hall–Kier alpha value is -1.20. The van der Waals surface area contributed by atoms with E-state index < -0.39 is 0 Å². The molecule has 1 saturated heterocycles. The van der Waals surface area contributed by atoms with Gasteiger partial charge in [-0.2, -0.15) is 0 Å². The zero-order valence-electron chi connectivity index (χ0n) is 11.5. The average molecular weight is 340 g/mol. The lowest BCUT2D eigenvalue weighted by Crippen LogP contribution is -2.43. The molecule has 1 fully saturated rings. The second-order valence-electron chi connectivity index (χ2n) is 4.98. The smallest absolute Gasteiger partial charge is 0.226 e. The summed E-state index contributed by atoms with van der Waals surface area (Å²) in [7, 11) is 0. The molecule has 1 aromatic carbocycles. The van der Waals surface area contributed by atoms with Crippen LogP contribution in [0.3, 0.4) is 0 Å². The first kappa shape index (κ1) is 15.2. The van der Waals surface area contributed by atoms with E-state index in [0.29, 0.717) is 31.9 Å². The summed E-state index contributed by atoms with van der Waals surface area (Å²) in [6.45, 7) is 4.21. The summed E-state index contributed by atoms with van der Waals surface area (Å²) in [5.41, 5.74) is 0.640. The number of rotatable bonds is 4. The van der Waals surface area contributed by atoms with Crippen LogP contribution in [0, 0.1) is 5.92 Å². The number of ketones is 1. The fraction of sp³-hybridized carbons (Fsp3) is 0.467. The molecule has 0 aromatic heterocycles. The third-order valence-corrected chi connectivity index (χ3v) is 3.88. The first-order chi connectivity index (χ1) is 9.58. The van der Waals surface area contributed by atoms with Crippen molar-refractivity contribution >= 4 is 27.6 Å². The van der Waals surface area contributed by atoms with Gasteiger partial charge in [0.1, 0.15) is 0 Å². The normalized spacial score (nSPS) is 16.8. The van der Waals surface area contributed by atoms with Crippen molar-refractivity contribution in [3.8, 4) is 0 Å². The summed E-state index contributed by atoms with van der Waals surface area (Å²) in [5, 5.41) is 0. The van der Waals surface area contributed by atoms with Crippen LogP contribution in [0.25, 0.3) is 0 Å². The molecule has 1 amide bonds.